The third-order valence-corrected chi connectivity index (χ3v) is 9.14. The predicted octanol–water partition coefficient (Wildman–Crippen LogP) is 10.2. The van der Waals surface area contributed by atoms with Crippen molar-refractivity contribution >= 4 is 44.0 Å². The Morgan fingerprint density at radius 3 is 1.44 bits per heavy atom. The van der Waals surface area contributed by atoms with E-state index in [2.05, 4.69) is 120 Å². The molecule has 0 heterocycles. The number of fused-ring (bicyclic) bond motifs is 4. The van der Waals surface area contributed by atoms with Crippen LogP contribution in [0.15, 0.2) is 102 Å². The van der Waals surface area contributed by atoms with E-state index >= 15 is 0 Å². The Balaban J connectivity index is 1.31. The first kappa shape index (κ1) is 22.3. The molecular weight excluding hydrogens is 544 g/mol. The van der Waals surface area contributed by atoms with Crippen molar-refractivity contribution in [2.45, 2.75) is 52.4 Å². The normalized spacial score (nSPS) is 22.5. The van der Waals surface area contributed by atoms with Crippen molar-refractivity contribution in [1.29, 1.82) is 0 Å². The van der Waals surface area contributed by atoms with Crippen molar-refractivity contribution in [2.24, 2.45) is 0 Å². The fourth-order valence-electron chi connectivity index (χ4n) is 6.32. The molecule has 0 spiro atoms. The number of hydrogen-bond acceptors (Lipinski definition) is 0. The highest BCUT2D eigenvalue weighted by molar-refractivity contribution is 9.10. The lowest BCUT2D eigenvalue weighted by atomic mass is 9.78. The van der Waals surface area contributed by atoms with Gasteiger partial charge in [-0.1, -0.05) is 70.0 Å². The van der Waals surface area contributed by atoms with Crippen LogP contribution in [0.3, 0.4) is 0 Å². The number of benzene rings is 2. The second-order valence-corrected chi connectivity index (χ2v) is 12.0. The van der Waals surface area contributed by atoms with Gasteiger partial charge in [0.15, 0.2) is 0 Å². The van der Waals surface area contributed by atoms with Crippen molar-refractivity contribution in [3.05, 3.63) is 124 Å². The number of hydrogen-bond donors (Lipinski definition) is 0. The first-order valence-corrected chi connectivity index (χ1v) is 13.8. The van der Waals surface area contributed by atoms with Crippen LogP contribution in [0.25, 0.3) is 12.2 Å². The molecule has 2 atom stereocenters. The summed E-state index contributed by atoms with van der Waals surface area (Å²) >= 11 is 7.34. The molecule has 4 aliphatic carbocycles. The first-order valence-electron chi connectivity index (χ1n) is 12.2. The number of allylic oxidation sites excluding steroid dienone is 10. The monoisotopic (exact) mass is 570 g/mol. The third kappa shape index (κ3) is 3.45. The van der Waals surface area contributed by atoms with Gasteiger partial charge in [0.05, 0.1) is 0 Å². The van der Waals surface area contributed by atoms with Gasteiger partial charge in [-0.3, -0.25) is 0 Å². The van der Waals surface area contributed by atoms with Crippen LogP contribution in [0.4, 0.5) is 0 Å². The van der Waals surface area contributed by atoms with E-state index in [1.807, 2.05) is 0 Å². The Morgan fingerprint density at radius 1 is 0.618 bits per heavy atom. The van der Waals surface area contributed by atoms with Crippen LogP contribution in [-0.4, -0.2) is 0 Å². The van der Waals surface area contributed by atoms with E-state index in [4.69, 9.17) is 0 Å². The second-order valence-electron chi connectivity index (χ2n) is 10.1. The van der Waals surface area contributed by atoms with Gasteiger partial charge in [-0.25, -0.2) is 0 Å². The molecule has 0 saturated heterocycles. The highest BCUT2D eigenvalue weighted by Crippen LogP contribution is 2.50. The SMILES string of the molecule is CC1=C(CCC2=C(C)C=C3C2=Cc2cc(Br)ccc2C3C)C2=Cc3cc(Br)ccc3C(C)C2=C1. The lowest BCUT2D eigenvalue weighted by Gasteiger charge is -2.26. The quantitative estimate of drug-likeness (QED) is 0.343. The van der Waals surface area contributed by atoms with Crippen LogP contribution in [0.1, 0.15) is 74.6 Å². The van der Waals surface area contributed by atoms with Crippen LogP contribution in [-0.2, 0) is 0 Å². The molecule has 2 heteroatoms. The van der Waals surface area contributed by atoms with Crippen molar-refractivity contribution in [3.8, 4) is 0 Å². The molecule has 0 amide bonds. The zero-order valence-corrected chi connectivity index (χ0v) is 23.3. The van der Waals surface area contributed by atoms with Gasteiger partial charge in [0.2, 0.25) is 0 Å². The molecule has 2 aromatic carbocycles. The maximum atomic E-state index is 3.67. The fraction of sp³-hybridized carbons (Fsp3) is 0.250. The van der Waals surface area contributed by atoms with E-state index in [0.29, 0.717) is 11.8 Å². The van der Waals surface area contributed by atoms with Gasteiger partial charge in [0, 0.05) is 20.8 Å². The molecule has 0 bridgehead atoms. The minimum atomic E-state index is 0.438. The Kier molecular flexibility index (Phi) is 5.39. The van der Waals surface area contributed by atoms with Gasteiger partial charge in [-0.2, -0.15) is 0 Å². The smallest absolute Gasteiger partial charge is 0.0181 e. The summed E-state index contributed by atoms with van der Waals surface area (Å²) in [5.41, 5.74) is 17.4. The van der Waals surface area contributed by atoms with Gasteiger partial charge in [-0.05, 0) is 130 Å². The maximum absolute atomic E-state index is 3.67. The fourth-order valence-corrected chi connectivity index (χ4v) is 7.07. The molecule has 0 saturated carbocycles. The van der Waals surface area contributed by atoms with Crippen LogP contribution in [0.5, 0.6) is 0 Å². The summed E-state index contributed by atoms with van der Waals surface area (Å²) in [7, 11) is 0. The first-order chi connectivity index (χ1) is 16.3. The van der Waals surface area contributed by atoms with Crippen LogP contribution < -0.4 is 0 Å². The summed E-state index contributed by atoms with van der Waals surface area (Å²) in [5, 5.41) is 0. The summed E-state index contributed by atoms with van der Waals surface area (Å²) < 4.78 is 2.30. The molecule has 0 fully saturated rings. The largest absolute Gasteiger partial charge is 0.0567 e. The minimum Gasteiger partial charge on any atom is -0.0567 e. The lowest BCUT2D eigenvalue weighted by Crippen LogP contribution is -2.09. The van der Waals surface area contributed by atoms with Crippen molar-refractivity contribution in [3.63, 3.8) is 0 Å². The summed E-state index contributed by atoms with van der Waals surface area (Å²) in [6.07, 6.45) is 11.9. The Hall–Kier alpha value is -2.16. The van der Waals surface area contributed by atoms with E-state index in [0.717, 1.165) is 21.8 Å². The molecule has 34 heavy (non-hydrogen) atoms. The molecule has 2 unspecified atom stereocenters. The lowest BCUT2D eigenvalue weighted by molar-refractivity contribution is 0.870. The predicted molar refractivity (Wildman–Crippen MR) is 152 cm³/mol. The van der Waals surface area contributed by atoms with E-state index in [9.17, 15) is 0 Å². The molecule has 0 aliphatic heterocycles. The summed E-state index contributed by atoms with van der Waals surface area (Å²) in [6, 6.07) is 13.4. The standard InChI is InChI=1S/C32H28Br2/c1-17-11-29-19(3)27-7-5-23(33)13-21(27)15-31(29)25(17)9-10-26-18(2)12-30-20(4)28-8-6-24(34)14-22(28)16-32(26)30/h5-8,11-16,19-20H,9-10H2,1-4H3. The van der Waals surface area contributed by atoms with Crippen molar-refractivity contribution in [2.75, 3.05) is 0 Å². The number of rotatable bonds is 3. The van der Waals surface area contributed by atoms with Crippen molar-refractivity contribution < 1.29 is 0 Å². The summed E-state index contributed by atoms with van der Waals surface area (Å²) in [6.45, 7) is 9.30. The third-order valence-electron chi connectivity index (χ3n) is 8.16. The molecule has 4 aliphatic rings. The minimum absolute atomic E-state index is 0.438. The van der Waals surface area contributed by atoms with Crippen LogP contribution in [0, 0.1) is 0 Å². The molecule has 0 radical (unpaired) electrons. The Morgan fingerprint density at radius 2 is 1.03 bits per heavy atom. The van der Waals surface area contributed by atoms with Gasteiger partial charge < -0.3 is 0 Å². The zero-order chi connectivity index (χ0) is 23.7. The van der Waals surface area contributed by atoms with E-state index in [1.165, 1.54) is 66.8 Å². The Labute approximate surface area is 219 Å². The summed E-state index contributed by atoms with van der Waals surface area (Å²) in [5.74, 6) is 0.876. The average molecular weight is 572 g/mol. The highest BCUT2D eigenvalue weighted by atomic mass is 79.9. The van der Waals surface area contributed by atoms with Crippen molar-refractivity contribution in [1.82, 2.24) is 0 Å². The van der Waals surface area contributed by atoms with E-state index in [1.54, 1.807) is 0 Å². The van der Waals surface area contributed by atoms with E-state index in [-0.39, 0.29) is 0 Å². The number of halogens is 2. The Bertz CT molecular complexity index is 1340. The van der Waals surface area contributed by atoms with Gasteiger partial charge in [-0.15, -0.1) is 0 Å². The van der Waals surface area contributed by atoms with Gasteiger partial charge in [0.25, 0.3) is 0 Å². The molecule has 0 N–H and O–H groups in total. The van der Waals surface area contributed by atoms with Crippen LogP contribution in [0.2, 0.25) is 0 Å². The molecule has 0 aromatic heterocycles. The molecule has 0 nitrogen and oxygen atoms in total. The van der Waals surface area contributed by atoms with Gasteiger partial charge >= 0.3 is 0 Å². The molecular formula is C32H28Br2. The topological polar surface area (TPSA) is 0 Å². The molecule has 6 rings (SSSR count). The van der Waals surface area contributed by atoms with Gasteiger partial charge in [0.1, 0.15) is 0 Å². The highest BCUT2D eigenvalue weighted by Gasteiger charge is 2.32. The zero-order valence-electron chi connectivity index (χ0n) is 20.1. The van der Waals surface area contributed by atoms with E-state index < -0.39 is 0 Å². The van der Waals surface area contributed by atoms with Crippen LogP contribution >= 0.6 is 31.9 Å². The summed E-state index contributed by atoms with van der Waals surface area (Å²) in [4.78, 5) is 0. The molecule has 2 aromatic rings. The second kappa shape index (κ2) is 8.21. The molecule has 170 valence electrons. The average Bonchev–Trinajstić information content (AvgIpc) is 3.28. The maximum Gasteiger partial charge on any atom is 0.0181 e.